The van der Waals surface area contributed by atoms with Gasteiger partial charge in [-0.1, -0.05) is 24.3 Å². The molecule has 2 aromatic carbocycles. The number of aromatic nitrogens is 2. The summed E-state index contributed by atoms with van der Waals surface area (Å²) >= 11 is 0. The molecule has 1 aliphatic carbocycles. The molecule has 0 spiro atoms. The van der Waals surface area contributed by atoms with E-state index in [9.17, 15) is 4.39 Å². The van der Waals surface area contributed by atoms with Gasteiger partial charge in [0.2, 0.25) is 0 Å². The summed E-state index contributed by atoms with van der Waals surface area (Å²) in [7, 11) is 0. The van der Waals surface area contributed by atoms with Gasteiger partial charge in [0, 0.05) is 23.7 Å². The maximum atomic E-state index is 12.9. The number of halogens is 1. The third kappa shape index (κ3) is 1.58. The molecule has 1 heterocycles. The van der Waals surface area contributed by atoms with Crippen LogP contribution in [0.5, 0.6) is 0 Å². The number of nitrogens with zero attached hydrogens (tertiary/aromatic N) is 2. The lowest BCUT2D eigenvalue weighted by Crippen LogP contribution is -1.95. The number of rotatable bonds is 1. The zero-order chi connectivity index (χ0) is 12.8. The van der Waals surface area contributed by atoms with Crippen LogP contribution in [0.25, 0.3) is 16.9 Å². The molecule has 92 valence electrons. The summed E-state index contributed by atoms with van der Waals surface area (Å²) in [6.45, 7) is 0. The van der Waals surface area contributed by atoms with E-state index >= 15 is 0 Å². The molecule has 0 amide bonds. The smallest absolute Gasteiger partial charge is 0.123 e. The molecule has 3 heteroatoms. The van der Waals surface area contributed by atoms with E-state index in [1.165, 1.54) is 28.8 Å². The normalized spacial score (nSPS) is 12.3. The van der Waals surface area contributed by atoms with Gasteiger partial charge in [0.05, 0.1) is 11.4 Å². The van der Waals surface area contributed by atoms with Crippen molar-refractivity contribution in [2.24, 2.45) is 0 Å². The number of hydrogen-bond donors (Lipinski definition) is 0. The predicted molar refractivity (Wildman–Crippen MR) is 71.8 cm³/mol. The first-order valence-corrected chi connectivity index (χ1v) is 6.24. The summed E-state index contributed by atoms with van der Waals surface area (Å²) in [5.41, 5.74) is 5.68. The first-order chi connectivity index (χ1) is 9.31. The van der Waals surface area contributed by atoms with Crippen LogP contribution >= 0.6 is 0 Å². The van der Waals surface area contributed by atoms with Gasteiger partial charge >= 0.3 is 0 Å². The van der Waals surface area contributed by atoms with Crippen LogP contribution in [0.1, 0.15) is 11.1 Å². The van der Waals surface area contributed by atoms with Crippen molar-refractivity contribution in [3.8, 4) is 16.9 Å². The number of fused-ring (bicyclic) bond motifs is 3. The molecule has 0 aliphatic heterocycles. The molecule has 2 nitrogen and oxygen atoms in total. The van der Waals surface area contributed by atoms with Gasteiger partial charge in [0.25, 0.3) is 0 Å². The summed E-state index contributed by atoms with van der Waals surface area (Å²) in [5.74, 6) is -0.228. The van der Waals surface area contributed by atoms with E-state index in [4.69, 9.17) is 0 Å². The summed E-state index contributed by atoms with van der Waals surface area (Å²) in [5, 5.41) is 4.63. The van der Waals surface area contributed by atoms with Crippen molar-refractivity contribution >= 4 is 0 Å². The maximum absolute atomic E-state index is 12.9. The highest BCUT2D eigenvalue weighted by Gasteiger charge is 2.21. The Kier molecular flexibility index (Phi) is 2.09. The second kappa shape index (κ2) is 3.79. The Balaban J connectivity index is 1.82. The first kappa shape index (κ1) is 10.5. The summed E-state index contributed by atoms with van der Waals surface area (Å²) < 4.78 is 14.8. The van der Waals surface area contributed by atoms with Crippen molar-refractivity contribution in [2.75, 3.05) is 0 Å². The van der Waals surface area contributed by atoms with Gasteiger partial charge in [-0.3, -0.25) is 0 Å². The van der Waals surface area contributed by atoms with E-state index in [-0.39, 0.29) is 5.82 Å². The molecule has 0 saturated carbocycles. The summed E-state index contributed by atoms with van der Waals surface area (Å²) in [4.78, 5) is 0. The van der Waals surface area contributed by atoms with Crippen LogP contribution in [-0.2, 0) is 6.42 Å². The van der Waals surface area contributed by atoms with Gasteiger partial charge in [-0.15, -0.1) is 0 Å². The Bertz CT molecular complexity index is 757. The quantitative estimate of drug-likeness (QED) is 0.505. The number of benzene rings is 2. The van der Waals surface area contributed by atoms with Crippen LogP contribution in [0.2, 0.25) is 0 Å². The predicted octanol–water partition coefficient (Wildman–Crippen LogP) is 3.58. The maximum Gasteiger partial charge on any atom is 0.123 e. The van der Waals surface area contributed by atoms with Crippen molar-refractivity contribution in [2.45, 2.75) is 6.42 Å². The Hall–Kier alpha value is -2.42. The van der Waals surface area contributed by atoms with Crippen LogP contribution < -0.4 is 0 Å². The van der Waals surface area contributed by atoms with Crippen LogP contribution in [-0.4, -0.2) is 9.78 Å². The van der Waals surface area contributed by atoms with Crippen LogP contribution in [0.4, 0.5) is 4.39 Å². The van der Waals surface area contributed by atoms with E-state index < -0.39 is 0 Å². The monoisotopic (exact) mass is 250 g/mol. The fraction of sp³-hybridized carbons (Fsp3) is 0.0625. The standard InChI is InChI=1S/C16H11FN2/c17-13-5-7-14(8-6-13)19-10-12-9-11-3-1-2-4-15(11)16(12)18-19/h1-8,10H,9H2. The molecule has 0 N–H and O–H groups in total. The highest BCUT2D eigenvalue weighted by molar-refractivity contribution is 5.73. The Labute approximate surface area is 110 Å². The first-order valence-electron chi connectivity index (χ1n) is 6.24. The fourth-order valence-electron chi connectivity index (χ4n) is 2.60. The van der Waals surface area contributed by atoms with Crippen LogP contribution in [0.3, 0.4) is 0 Å². The van der Waals surface area contributed by atoms with Crippen molar-refractivity contribution in [3.05, 3.63) is 71.7 Å². The zero-order valence-electron chi connectivity index (χ0n) is 10.2. The van der Waals surface area contributed by atoms with Gasteiger partial charge in [-0.05, 0) is 29.8 Å². The molecule has 1 aliphatic rings. The van der Waals surface area contributed by atoms with Crippen LogP contribution in [0.15, 0.2) is 54.7 Å². The SMILES string of the molecule is Fc1ccc(-n2cc3c(n2)-c2ccccc2C3)cc1. The van der Waals surface area contributed by atoms with E-state index in [0.717, 1.165) is 17.8 Å². The molecule has 0 unspecified atom stereocenters. The third-order valence-electron chi connectivity index (χ3n) is 3.53. The van der Waals surface area contributed by atoms with Gasteiger partial charge in [0.1, 0.15) is 5.82 Å². The third-order valence-corrected chi connectivity index (χ3v) is 3.53. The van der Waals surface area contributed by atoms with Crippen molar-refractivity contribution in [1.29, 1.82) is 0 Å². The van der Waals surface area contributed by atoms with Gasteiger partial charge in [-0.25, -0.2) is 9.07 Å². The summed E-state index contributed by atoms with van der Waals surface area (Å²) in [6.07, 6.45) is 2.95. The van der Waals surface area contributed by atoms with Crippen molar-refractivity contribution < 1.29 is 4.39 Å². The molecular formula is C16H11FN2. The van der Waals surface area contributed by atoms with E-state index in [0.29, 0.717) is 0 Å². The number of hydrogen-bond acceptors (Lipinski definition) is 1. The summed E-state index contributed by atoms with van der Waals surface area (Å²) in [6, 6.07) is 14.7. The van der Waals surface area contributed by atoms with Crippen molar-refractivity contribution in [3.63, 3.8) is 0 Å². The molecular weight excluding hydrogens is 239 g/mol. The Morgan fingerprint density at radius 2 is 1.74 bits per heavy atom. The van der Waals surface area contributed by atoms with Gasteiger partial charge in [0.15, 0.2) is 0 Å². The molecule has 0 fully saturated rings. The molecule has 0 bridgehead atoms. The molecule has 19 heavy (non-hydrogen) atoms. The second-order valence-electron chi connectivity index (χ2n) is 4.76. The largest absolute Gasteiger partial charge is 0.240 e. The zero-order valence-corrected chi connectivity index (χ0v) is 10.2. The minimum atomic E-state index is -0.228. The average molecular weight is 250 g/mol. The second-order valence-corrected chi connectivity index (χ2v) is 4.76. The fourth-order valence-corrected chi connectivity index (χ4v) is 2.60. The molecule has 4 rings (SSSR count). The highest BCUT2D eigenvalue weighted by Crippen LogP contribution is 2.35. The van der Waals surface area contributed by atoms with E-state index in [1.807, 2.05) is 16.9 Å². The lowest BCUT2D eigenvalue weighted by molar-refractivity contribution is 0.627. The van der Waals surface area contributed by atoms with Gasteiger partial charge < -0.3 is 0 Å². The van der Waals surface area contributed by atoms with E-state index in [1.54, 1.807) is 12.1 Å². The highest BCUT2D eigenvalue weighted by atomic mass is 19.1. The van der Waals surface area contributed by atoms with Crippen molar-refractivity contribution in [1.82, 2.24) is 9.78 Å². The topological polar surface area (TPSA) is 17.8 Å². The molecule has 3 aromatic rings. The Morgan fingerprint density at radius 1 is 0.947 bits per heavy atom. The Morgan fingerprint density at radius 3 is 2.58 bits per heavy atom. The average Bonchev–Trinajstić information content (AvgIpc) is 2.97. The molecule has 0 atom stereocenters. The molecule has 1 aromatic heterocycles. The van der Waals surface area contributed by atoms with E-state index in [2.05, 4.69) is 23.3 Å². The molecule has 0 radical (unpaired) electrons. The minimum Gasteiger partial charge on any atom is -0.240 e. The van der Waals surface area contributed by atoms with Crippen LogP contribution in [0, 0.1) is 5.82 Å². The lowest BCUT2D eigenvalue weighted by atomic mass is 10.1. The van der Waals surface area contributed by atoms with Gasteiger partial charge in [-0.2, -0.15) is 5.10 Å². The lowest BCUT2D eigenvalue weighted by Gasteiger charge is -2.02. The molecule has 0 saturated heterocycles. The minimum absolute atomic E-state index is 0.228.